The Morgan fingerprint density at radius 2 is 2.06 bits per heavy atom. The van der Waals surface area contributed by atoms with E-state index in [-0.39, 0.29) is 5.84 Å². The Morgan fingerprint density at radius 1 is 1.50 bits per heavy atom. The topological polar surface area (TPSA) is 88.2 Å². The second-order valence-corrected chi connectivity index (χ2v) is 5.80. The SMILES string of the molecule is CC(C)COC(=O)NC1(C(=N)N)CCC(C)CC1. The third kappa shape index (κ3) is 3.89. The summed E-state index contributed by atoms with van der Waals surface area (Å²) in [5, 5.41) is 10.5. The minimum absolute atomic E-state index is 0.0379. The smallest absolute Gasteiger partial charge is 0.407 e. The number of hydrogen-bond acceptors (Lipinski definition) is 3. The van der Waals surface area contributed by atoms with Gasteiger partial charge in [0, 0.05) is 0 Å². The number of hydrogen-bond donors (Lipinski definition) is 3. The van der Waals surface area contributed by atoms with Crippen LogP contribution in [0.3, 0.4) is 0 Å². The van der Waals surface area contributed by atoms with Crippen LogP contribution in [0.1, 0.15) is 46.5 Å². The van der Waals surface area contributed by atoms with Gasteiger partial charge in [0.25, 0.3) is 0 Å². The molecule has 104 valence electrons. The molecule has 0 unspecified atom stereocenters. The van der Waals surface area contributed by atoms with Crippen LogP contribution in [-0.4, -0.2) is 24.1 Å². The lowest BCUT2D eigenvalue weighted by Gasteiger charge is -2.38. The molecule has 0 saturated heterocycles. The second kappa shape index (κ2) is 6.07. The fourth-order valence-electron chi connectivity index (χ4n) is 2.19. The third-order valence-electron chi connectivity index (χ3n) is 3.53. The molecule has 4 N–H and O–H groups in total. The molecule has 0 aliphatic heterocycles. The van der Waals surface area contributed by atoms with Crippen molar-refractivity contribution >= 4 is 11.9 Å². The van der Waals surface area contributed by atoms with E-state index in [1.54, 1.807) is 0 Å². The van der Waals surface area contributed by atoms with E-state index >= 15 is 0 Å². The summed E-state index contributed by atoms with van der Waals surface area (Å²) < 4.78 is 5.11. The largest absolute Gasteiger partial charge is 0.449 e. The first-order valence-corrected chi connectivity index (χ1v) is 6.65. The molecule has 5 nitrogen and oxygen atoms in total. The first-order valence-electron chi connectivity index (χ1n) is 6.65. The van der Waals surface area contributed by atoms with Crippen LogP contribution >= 0.6 is 0 Å². The highest BCUT2D eigenvalue weighted by atomic mass is 16.5. The minimum atomic E-state index is -0.694. The van der Waals surface area contributed by atoms with Crippen molar-refractivity contribution < 1.29 is 9.53 Å². The van der Waals surface area contributed by atoms with Crippen molar-refractivity contribution in [1.29, 1.82) is 5.41 Å². The molecular weight excluding hydrogens is 230 g/mol. The highest BCUT2D eigenvalue weighted by molar-refractivity contribution is 5.90. The Labute approximate surface area is 109 Å². The maximum absolute atomic E-state index is 11.7. The lowest BCUT2D eigenvalue weighted by molar-refractivity contribution is 0.119. The van der Waals surface area contributed by atoms with Gasteiger partial charge in [0.05, 0.1) is 6.61 Å². The molecule has 1 fully saturated rings. The molecular formula is C13H25N3O2. The monoisotopic (exact) mass is 255 g/mol. The van der Waals surface area contributed by atoms with Crippen LogP contribution in [0.2, 0.25) is 0 Å². The van der Waals surface area contributed by atoms with Crippen LogP contribution < -0.4 is 11.1 Å². The molecule has 0 aromatic carbocycles. The molecule has 0 radical (unpaired) electrons. The molecule has 0 spiro atoms. The second-order valence-electron chi connectivity index (χ2n) is 5.80. The summed E-state index contributed by atoms with van der Waals surface area (Å²) in [6, 6.07) is 0. The summed E-state index contributed by atoms with van der Waals surface area (Å²) in [5.41, 5.74) is 4.97. The highest BCUT2D eigenvalue weighted by Crippen LogP contribution is 2.31. The van der Waals surface area contributed by atoms with Gasteiger partial charge < -0.3 is 15.8 Å². The van der Waals surface area contributed by atoms with Gasteiger partial charge in [0.1, 0.15) is 11.4 Å². The number of amides is 1. The zero-order valence-corrected chi connectivity index (χ0v) is 11.6. The van der Waals surface area contributed by atoms with Crippen molar-refractivity contribution in [2.24, 2.45) is 17.6 Å². The molecule has 0 heterocycles. The van der Waals surface area contributed by atoms with Crippen LogP contribution in [0.25, 0.3) is 0 Å². The normalized spacial score (nSPS) is 27.9. The van der Waals surface area contributed by atoms with Gasteiger partial charge in [0.15, 0.2) is 0 Å². The molecule has 5 heteroatoms. The summed E-state index contributed by atoms with van der Waals surface area (Å²) >= 11 is 0. The number of nitrogens with one attached hydrogen (secondary N) is 2. The molecule has 1 saturated carbocycles. The lowest BCUT2D eigenvalue weighted by atomic mass is 9.76. The molecule has 1 amide bonds. The number of carbonyl (C=O) groups is 1. The highest BCUT2D eigenvalue weighted by Gasteiger charge is 2.39. The first kappa shape index (κ1) is 14.8. The van der Waals surface area contributed by atoms with Gasteiger partial charge in [-0.25, -0.2) is 4.79 Å². The lowest BCUT2D eigenvalue weighted by Crippen LogP contribution is -2.58. The molecule has 1 aliphatic rings. The van der Waals surface area contributed by atoms with Crippen molar-refractivity contribution in [3.63, 3.8) is 0 Å². The van der Waals surface area contributed by atoms with Crippen molar-refractivity contribution in [2.45, 2.75) is 52.0 Å². The number of carbonyl (C=O) groups excluding carboxylic acids is 1. The van der Waals surface area contributed by atoms with Gasteiger partial charge in [-0.1, -0.05) is 20.8 Å². The molecule has 18 heavy (non-hydrogen) atoms. The Hall–Kier alpha value is -1.26. The Bertz CT molecular complexity index is 307. The first-order chi connectivity index (χ1) is 8.35. The summed E-state index contributed by atoms with van der Waals surface area (Å²) in [7, 11) is 0. The molecule has 1 rings (SSSR count). The van der Waals surface area contributed by atoms with Crippen molar-refractivity contribution in [2.75, 3.05) is 6.61 Å². The number of alkyl carbamates (subject to hydrolysis) is 1. The summed E-state index contributed by atoms with van der Waals surface area (Å²) in [6.07, 6.45) is 2.93. The molecule has 0 atom stereocenters. The fraction of sp³-hybridized carbons (Fsp3) is 0.846. The van der Waals surface area contributed by atoms with E-state index in [0.717, 1.165) is 25.7 Å². The number of amidine groups is 1. The molecule has 1 aliphatic carbocycles. The average Bonchev–Trinajstić information content (AvgIpc) is 2.29. The maximum atomic E-state index is 11.7. The van der Waals surface area contributed by atoms with Gasteiger partial charge in [0.2, 0.25) is 0 Å². The van der Waals surface area contributed by atoms with Crippen molar-refractivity contribution in [3.05, 3.63) is 0 Å². The molecule has 0 bridgehead atoms. The van der Waals surface area contributed by atoms with E-state index in [1.807, 2.05) is 13.8 Å². The Morgan fingerprint density at radius 3 is 2.50 bits per heavy atom. The van der Waals surface area contributed by atoms with E-state index in [4.69, 9.17) is 15.9 Å². The number of ether oxygens (including phenoxy) is 1. The van der Waals surface area contributed by atoms with Gasteiger partial charge >= 0.3 is 6.09 Å². The summed E-state index contributed by atoms with van der Waals surface area (Å²) in [4.78, 5) is 11.7. The van der Waals surface area contributed by atoms with Gasteiger partial charge in [-0.2, -0.15) is 0 Å². The zero-order valence-electron chi connectivity index (χ0n) is 11.6. The Kier molecular flexibility index (Phi) is 4.99. The standard InChI is InChI=1S/C13H25N3O2/c1-9(2)8-18-12(17)16-13(11(14)15)6-4-10(3)5-7-13/h9-10H,4-8H2,1-3H3,(H3,14,15)(H,16,17). The summed E-state index contributed by atoms with van der Waals surface area (Å²) in [6.45, 7) is 6.53. The number of nitrogens with two attached hydrogens (primary N) is 1. The van der Waals surface area contributed by atoms with E-state index < -0.39 is 11.6 Å². The van der Waals surface area contributed by atoms with E-state index in [1.165, 1.54) is 0 Å². The van der Waals surface area contributed by atoms with Crippen LogP contribution in [-0.2, 0) is 4.74 Å². The van der Waals surface area contributed by atoms with Crippen LogP contribution in [0.5, 0.6) is 0 Å². The van der Waals surface area contributed by atoms with E-state index in [9.17, 15) is 4.79 Å². The number of rotatable bonds is 4. The van der Waals surface area contributed by atoms with Gasteiger partial charge in [-0.15, -0.1) is 0 Å². The van der Waals surface area contributed by atoms with Gasteiger partial charge in [-0.3, -0.25) is 5.41 Å². The van der Waals surface area contributed by atoms with E-state index in [2.05, 4.69) is 12.2 Å². The van der Waals surface area contributed by atoms with Crippen LogP contribution in [0.4, 0.5) is 4.79 Å². The Balaban J connectivity index is 2.58. The van der Waals surface area contributed by atoms with Crippen LogP contribution in [0.15, 0.2) is 0 Å². The van der Waals surface area contributed by atoms with Crippen molar-refractivity contribution in [1.82, 2.24) is 5.32 Å². The quantitative estimate of drug-likeness (QED) is 0.532. The predicted octanol–water partition coefficient (Wildman–Crippen LogP) is 2.25. The van der Waals surface area contributed by atoms with Crippen molar-refractivity contribution in [3.8, 4) is 0 Å². The van der Waals surface area contributed by atoms with Crippen LogP contribution in [0, 0.1) is 17.2 Å². The maximum Gasteiger partial charge on any atom is 0.407 e. The third-order valence-corrected chi connectivity index (χ3v) is 3.53. The average molecular weight is 255 g/mol. The summed E-state index contributed by atoms with van der Waals surface area (Å²) in [5.74, 6) is 0.970. The minimum Gasteiger partial charge on any atom is -0.449 e. The molecule has 0 aromatic rings. The predicted molar refractivity (Wildman–Crippen MR) is 71.6 cm³/mol. The fourth-order valence-corrected chi connectivity index (χ4v) is 2.19. The van der Waals surface area contributed by atoms with Gasteiger partial charge in [-0.05, 0) is 37.5 Å². The van der Waals surface area contributed by atoms with E-state index in [0.29, 0.717) is 18.4 Å². The zero-order chi connectivity index (χ0) is 13.8. The molecule has 0 aromatic heterocycles.